The predicted molar refractivity (Wildman–Crippen MR) is 287 cm³/mol. The Labute approximate surface area is 450 Å². The fourth-order valence-corrected chi connectivity index (χ4v) is 9.63. The monoisotopic (exact) mass is 1150 g/mol. The van der Waals surface area contributed by atoms with E-state index in [1.165, 1.54) is 42.7 Å². The molecule has 0 saturated heterocycles. The quantitative estimate of drug-likeness (QED) is 0.0780. The Morgan fingerprint density at radius 3 is 1.04 bits per heavy atom. The molecule has 9 rings (SSSR count). The second-order valence-electron chi connectivity index (χ2n) is 18.5. The van der Waals surface area contributed by atoms with Crippen molar-refractivity contribution in [2.75, 3.05) is 42.7 Å². The van der Waals surface area contributed by atoms with Gasteiger partial charge in [-0.1, -0.05) is 153 Å². The first kappa shape index (κ1) is 53.1. The second-order valence-corrected chi connectivity index (χ2v) is 18.5. The van der Waals surface area contributed by atoms with Crippen LogP contribution in [0.3, 0.4) is 0 Å². The van der Waals surface area contributed by atoms with E-state index in [9.17, 15) is 0 Å². The van der Waals surface area contributed by atoms with Crippen molar-refractivity contribution < 1.29 is 55.2 Å². The second kappa shape index (κ2) is 23.3. The van der Waals surface area contributed by atoms with E-state index in [4.69, 9.17) is 38.4 Å². The van der Waals surface area contributed by atoms with Gasteiger partial charge in [-0.05, 0) is 51.9 Å². The molecule has 4 atom stereocenters. The van der Waals surface area contributed by atoms with Gasteiger partial charge in [-0.25, -0.2) is 0 Å². The Balaban J connectivity index is 0.00000360. The number of benzene rings is 7. The maximum absolute atomic E-state index is 15.8. The van der Waals surface area contributed by atoms with E-state index in [1.54, 1.807) is 34.1 Å². The third-order valence-electron chi connectivity index (χ3n) is 13.2. The zero-order valence-electron chi connectivity index (χ0n) is 42.6. The third-order valence-corrected chi connectivity index (χ3v) is 13.2. The number of carbonyl (C=O) groups excluding carboxylic acids is 2. The van der Waals surface area contributed by atoms with Crippen molar-refractivity contribution in [3.05, 3.63) is 214 Å². The number of carbonyl (C=O) groups is 2. The first-order chi connectivity index (χ1) is 35.9. The van der Waals surface area contributed by atoms with Gasteiger partial charge in [-0.2, -0.15) is 0 Å². The summed E-state index contributed by atoms with van der Waals surface area (Å²) in [6.07, 6.45) is 0. The van der Waals surface area contributed by atoms with Crippen molar-refractivity contribution in [3.8, 4) is 34.5 Å². The standard InChI is InChI=1S/C60H57N4O8.BrH.Pd/c1-60(2,3)45-31-41(56-61-50(37-22-14-10-15-23-37)52(39-26-18-12-19-27-39)63(56)58(65)43-33-46(67-4)54(71-8)47(34-43)68-5)30-42(32-45)57-62-51(38-24-16-11-17-25-38)53(40-28-20-13-21-29-40)64(57)59(66)44-35-48(69-6)55(72-9)49(36-44)70-7;;/h10-29,31-36,50-53H,1-9H3;1H;/q-1;;+2/p-1/t50-,51-,52-,53-;;/m0../s1. The van der Waals surface area contributed by atoms with Crippen LogP contribution < -0.4 is 28.4 Å². The average molecular weight is 1150 g/mol. The van der Waals surface area contributed by atoms with Gasteiger partial charge in [0.15, 0.2) is 23.0 Å². The number of rotatable bonds is 14. The molecule has 2 heterocycles. The molecule has 2 aliphatic heterocycles. The van der Waals surface area contributed by atoms with Crippen LogP contribution in [0.15, 0.2) is 168 Å². The summed E-state index contributed by atoms with van der Waals surface area (Å²) in [4.78, 5) is 46.1. The van der Waals surface area contributed by atoms with Gasteiger partial charge < -0.3 is 38.2 Å². The first-order valence-corrected chi connectivity index (χ1v) is 27.3. The van der Waals surface area contributed by atoms with Crippen molar-refractivity contribution in [2.24, 2.45) is 9.98 Å². The van der Waals surface area contributed by atoms with E-state index < -0.39 is 29.6 Å². The molecule has 0 aliphatic carbocycles. The zero-order chi connectivity index (χ0) is 52.7. The molecule has 7 aromatic rings. The molecule has 74 heavy (non-hydrogen) atoms. The number of hydrogen-bond acceptors (Lipinski definition) is 10. The summed E-state index contributed by atoms with van der Waals surface area (Å²) in [6.45, 7) is 6.37. The molecule has 2 amide bonds. The van der Waals surface area contributed by atoms with Crippen LogP contribution in [0.2, 0.25) is 0 Å². The van der Waals surface area contributed by atoms with Gasteiger partial charge in [-0.3, -0.25) is 19.6 Å². The molecule has 0 aromatic heterocycles. The van der Waals surface area contributed by atoms with Crippen molar-refractivity contribution in [3.63, 3.8) is 0 Å². The Morgan fingerprint density at radius 1 is 0.473 bits per heavy atom. The van der Waals surface area contributed by atoms with E-state index in [0.29, 0.717) is 57.3 Å². The Morgan fingerprint density at radius 2 is 0.770 bits per heavy atom. The van der Waals surface area contributed by atoms with E-state index in [-0.39, 0.29) is 22.9 Å². The van der Waals surface area contributed by atoms with E-state index in [2.05, 4.69) is 57.5 Å². The molecular weight excluding hydrogens is 1090 g/mol. The minimum atomic E-state index is -0.614. The molecule has 0 N–H and O–H groups in total. The van der Waals surface area contributed by atoms with Gasteiger partial charge in [0.1, 0.15) is 0 Å². The van der Waals surface area contributed by atoms with Crippen molar-refractivity contribution in [1.29, 1.82) is 0 Å². The van der Waals surface area contributed by atoms with Crippen molar-refractivity contribution >= 4 is 36.9 Å². The summed E-state index contributed by atoms with van der Waals surface area (Å²) < 4.78 is 34.5. The Kier molecular flexibility index (Phi) is 16.7. The molecule has 7 aromatic carbocycles. The van der Waals surface area contributed by atoms with Gasteiger partial charge in [0.05, 0.1) is 78.5 Å². The summed E-state index contributed by atoms with van der Waals surface area (Å²) >= 11 is 5.35. The molecule has 0 spiro atoms. The Bertz CT molecular complexity index is 2920. The predicted octanol–water partition coefficient (Wildman–Crippen LogP) is 12.4. The molecule has 382 valence electrons. The normalized spacial score (nSPS) is 17.1. The summed E-state index contributed by atoms with van der Waals surface area (Å²) in [5, 5.41) is 0. The zero-order valence-corrected chi connectivity index (χ0v) is 45.7. The van der Waals surface area contributed by atoms with Crippen LogP contribution >= 0.6 is 13.4 Å². The Hall–Kier alpha value is -7.24. The van der Waals surface area contributed by atoms with Crippen molar-refractivity contribution in [2.45, 2.75) is 50.4 Å². The number of amidine groups is 2. The molecular formula is C60H57BrN4O8Pd. The number of halogens is 1. The minimum absolute atomic E-state index is 0.290. The fourth-order valence-electron chi connectivity index (χ4n) is 9.63. The molecule has 2 aliphatic rings. The number of ether oxygens (including phenoxy) is 6. The average Bonchev–Trinajstić information content (AvgIpc) is 4.06. The molecule has 0 bridgehead atoms. The van der Waals surface area contributed by atoms with Gasteiger partial charge >= 0.3 is 30.6 Å². The molecule has 12 nitrogen and oxygen atoms in total. The van der Waals surface area contributed by atoms with Crippen LogP contribution in [0.1, 0.15) is 105 Å². The fraction of sp³-hybridized carbons (Fsp3) is 0.233. The van der Waals surface area contributed by atoms with E-state index >= 15 is 9.59 Å². The van der Waals surface area contributed by atoms with Crippen molar-refractivity contribution in [1.82, 2.24) is 9.80 Å². The number of methoxy groups -OCH3 is 6. The van der Waals surface area contributed by atoms with E-state index in [1.807, 2.05) is 133 Å². The van der Waals surface area contributed by atoms with Gasteiger partial charge in [0.2, 0.25) is 11.5 Å². The topological polar surface area (TPSA) is 121 Å². The van der Waals surface area contributed by atoms with Gasteiger partial charge in [-0.15, -0.1) is 23.8 Å². The number of nitrogens with zero attached hydrogens (tertiary/aromatic N) is 4. The van der Waals surface area contributed by atoms with E-state index in [0.717, 1.165) is 27.8 Å². The van der Waals surface area contributed by atoms with Crippen LogP contribution in [-0.2, 0) is 22.6 Å². The summed E-state index contributed by atoms with van der Waals surface area (Å²) in [5.74, 6) is 2.06. The summed E-state index contributed by atoms with van der Waals surface area (Å²) in [7, 11) is 9.13. The molecule has 0 saturated carbocycles. The van der Waals surface area contributed by atoms with Crippen LogP contribution in [-0.4, -0.2) is 75.9 Å². The number of hydrogen-bond donors (Lipinski definition) is 0. The summed E-state index contributed by atoms with van der Waals surface area (Å²) in [5.41, 5.74) is 5.65. The molecule has 14 heteroatoms. The SMILES string of the molecule is COc1cc(C(=O)N2C(c3[c-]c(C4=N[C@@H](c5ccccc5)[C@H](c5ccccc5)N4C(=O)c4cc(OC)c(OC)c(OC)c4)cc(C(C)(C)C)c3)=N[C@@H](c3ccccc3)[C@@H]2c2ccccc2)cc(OC)c1OC.[Br][Pd+]. The van der Waals surface area contributed by atoms with Crippen LogP contribution in [0, 0.1) is 6.07 Å². The van der Waals surface area contributed by atoms with Crippen LogP contribution in [0.5, 0.6) is 34.5 Å². The van der Waals surface area contributed by atoms with Gasteiger partial charge in [0, 0.05) is 11.1 Å². The first-order valence-electron chi connectivity index (χ1n) is 23.8. The number of aliphatic imine (C=N–C) groups is 2. The molecule has 0 unspecified atom stereocenters. The number of amides is 2. The van der Waals surface area contributed by atoms with Crippen LogP contribution in [0.4, 0.5) is 0 Å². The maximum atomic E-state index is 15.8. The molecule has 0 radical (unpaired) electrons. The van der Waals surface area contributed by atoms with Crippen LogP contribution in [0.25, 0.3) is 0 Å². The summed E-state index contributed by atoms with van der Waals surface area (Å²) in [6, 6.07) is 51.9. The van der Waals surface area contributed by atoms with Gasteiger partial charge in [0.25, 0.3) is 11.8 Å². The third kappa shape index (κ3) is 10.4. The molecule has 0 fully saturated rings.